The van der Waals surface area contributed by atoms with E-state index in [1.807, 2.05) is 52.0 Å². The van der Waals surface area contributed by atoms with Crippen LogP contribution in [0, 0.1) is 20.8 Å². The highest BCUT2D eigenvalue weighted by Gasteiger charge is 2.21. The van der Waals surface area contributed by atoms with E-state index < -0.39 is 0 Å². The minimum atomic E-state index is -0.122. The lowest BCUT2D eigenvalue weighted by Gasteiger charge is -2.13. The van der Waals surface area contributed by atoms with Gasteiger partial charge in [-0.2, -0.15) is 0 Å². The molecule has 0 saturated carbocycles. The average molecular weight is 313 g/mol. The van der Waals surface area contributed by atoms with E-state index in [9.17, 15) is 9.90 Å². The first kappa shape index (κ1) is 14.9. The Morgan fingerprint density at radius 3 is 2.50 bits per heavy atom. The largest absolute Gasteiger partial charge is 0.506 e. The fourth-order valence-electron chi connectivity index (χ4n) is 2.91. The van der Waals surface area contributed by atoms with E-state index in [-0.39, 0.29) is 11.3 Å². The van der Waals surface area contributed by atoms with Gasteiger partial charge >= 0.3 is 0 Å². The van der Waals surface area contributed by atoms with Gasteiger partial charge in [-0.3, -0.25) is 9.36 Å². The third kappa shape index (κ3) is 1.98. The van der Waals surface area contributed by atoms with E-state index in [0.29, 0.717) is 12.1 Å². The fourth-order valence-corrected chi connectivity index (χ4v) is 4.13. The first-order valence-electron chi connectivity index (χ1n) is 7.38. The van der Waals surface area contributed by atoms with Crippen LogP contribution in [-0.2, 0) is 6.54 Å². The van der Waals surface area contributed by atoms with E-state index >= 15 is 0 Å². The highest BCUT2D eigenvalue weighted by Crippen LogP contribution is 2.40. The van der Waals surface area contributed by atoms with E-state index in [1.165, 1.54) is 0 Å². The molecule has 0 atom stereocenters. The Kier molecular flexibility index (Phi) is 3.57. The minimum Gasteiger partial charge on any atom is -0.506 e. The molecule has 0 radical (unpaired) electrons. The van der Waals surface area contributed by atoms with E-state index in [4.69, 9.17) is 0 Å². The summed E-state index contributed by atoms with van der Waals surface area (Å²) in [6.45, 7) is 8.54. The number of rotatable bonds is 2. The van der Waals surface area contributed by atoms with Crippen LogP contribution in [0.3, 0.4) is 0 Å². The number of thiophene rings is 1. The van der Waals surface area contributed by atoms with Crippen LogP contribution in [0.1, 0.15) is 22.9 Å². The zero-order valence-corrected chi connectivity index (χ0v) is 14.0. The van der Waals surface area contributed by atoms with Crippen molar-refractivity contribution < 1.29 is 5.11 Å². The fraction of sp³-hybridized carbons (Fsp3) is 0.278. The molecule has 3 nitrogen and oxygen atoms in total. The molecule has 3 aromatic rings. The smallest absolute Gasteiger partial charge is 0.263 e. The normalized spacial score (nSPS) is 11.3. The van der Waals surface area contributed by atoms with E-state index in [1.54, 1.807) is 15.9 Å². The number of fused-ring (bicyclic) bond motifs is 1. The standard InChI is InChI=1S/C18H19NO2S/c1-5-19-17(21)15(13-9-7-6-8-10(13)2)16(20)14-11(3)12(4)22-18(14)19/h6-9,20H,5H2,1-4H3. The van der Waals surface area contributed by atoms with Gasteiger partial charge in [-0.25, -0.2) is 0 Å². The molecular formula is C18H19NO2S. The molecule has 0 spiro atoms. The number of hydrogen-bond donors (Lipinski definition) is 1. The molecule has 1 aromatic carbocycles. The minimum absolute atomic E-state index is 0.112. The molecule has 2 aromatic heterocycles. The van der Waals surface area contributed by atoms with Crippen molar-refractivity contribution in [3.63, 3.8) is 0 Å². The molecule has 2 heterocycles. The molecule has 0 aliphatic carbocycles. The Balaban J connectivity index is 2.54. The van der Waals surface area contributed by atoms with Crippen LogP contribution >= 0.6 is 11.3 Å². The first-order chi connectivity index (χ1) is 10.5. The van der Waals surface area contributed by atoms with Gasteiger partial charge in [0.2, 0.25) is 0 Å². The number of nitrogens with zero attached hydrogens (tertiary/aromatic N) is 1. The Bertz CT molecular complexity index is 934. The zero-order valence-electron chi connectivity index (χ0n) is 13.2. The van der Waals surface area contributed by atoms with Gasteiger partial charge in [0.15, 0.2) is 0 Å². The van der Waals surface area contributed by atoms with Crippen LogP contribution in [0.15, 0.2) is 29.1 Å². The van der Waals surface area contributed by atoms with Crippen LogP contribution < -0.4 is 5.56 Å². The molecule has 22 heavy (non-hydrogen) atoms. The number of hydrogen-bond acceptors (Lipinski definition) is 3. The van der Waals surface area contributed by atoms with Gasteiger partial charge < -0.3 is 5.11 Å². The predicted molar refractivity (Wildman–Crippen MR) is 93.1 cm³/mol. The summed E-state index contributed by atoms with van der Waals surface area (Å²) in [7, 11) is 0. The highest BCUT2D eigenvalue weighted by atomic mass is 32.1. The SMILES string of the molecule is CCn1c(=O)c(-c2ccccc2C)c(O)c2c(C)c(C)sc21. The summed E-state index contributed by atoms with van der Waals surface area (Å²) in [4.78, 5) is 14.9. The molecule has 0 aliphatic rings. The molecule has 0 saturated heterocycles. The summed E-state index contributed by atoms with van der Waals surface area (Å²) < 4.78 is 1.77. The van der Waals surface area contributed by atoms with Gasteiger partial charge in [0, 0.05) is 11.4 Å². The summed E-state index contributed by atoms with van der Waals surface area (Å²) in [6, 6.07) is 7.69. The lowest BCUT2D eigenvalue weighted by atomic mass is 9.99. The van der Waals surface area contributed by atoms with Crippen LogP contribution in [-0.4, -0.2) is 9.67 Å². The zero-order chi connectivity index (χ0) is 16.0. The molecule has 1 N–H and O–H groups in total. The summed E-state index contributed by atoms with van der Waals surface area (Å²) in [5.74, 6) is 0.112. The van der Waals surface area contributed by atoms with Gasteiger partial charge in [0.05, 0.1) is 10.9 Å². The Hall–Kier alpha value is -2.07. The van der Waals surface area contributed by atoms with Crippen LogP contribution in [0.5, 0.6) is 5.75 Å². The second-order valence-electron chi connectivity index (χ2n) is 5.55. The molecule has 0 aliphatic heterocycles. The number of aromatic nitrogens is 1. The van der Waals surface area contributed by atoms with Gasteiger partial charge in [-0.15, -0.1) is 11.3 Å². The van der Waals surface area contributed by atoms with Gasteiger partial charge in [-0.05, 0) is 44.4 Å². The first-order valence-corrected chi connectivity index (χ1v) is 8.20. The molecule has 0 bridgehead atoms. The lowest BCUT2D eigenvalue weighted by Crippen LogP contribution is -2.21. The second kappa shape index (κ2) is 5.29. The Morgan fingerprint density at radius 1 is 1.18 bits per heavy atom. The van der Waals surface area contributed by atoms with Crippen molar-refractivity contribution in [3.8, 4) is 16.9 Å². The Labute approximate surface area is 133 Å². The van der Waals surface area contributed by atoms with E-state index in [2.05, 4.69) is 0 Å². The quantitative estimate of drug-likeness (QED) is 0.763. The topological polar surface area (TPSA) is 42.2 Å². The third-order valence-electron chi connectivity index (χ3n) is 4.28. The molecule has 0 amide bonds. The molecule has 114 valence electrons. The monoisotopic (exact) mass is 313 g/mol. The van der Waals surface area contributed by atoms with Crippen molar-refractivity contribution in [2.75, 3.05) is 0 Å². The molecular weight excluding hydrogens is 294 g/mol. The third-order valence-corrected chi connectivity index (χ3v) is 5.51. The van der Waals surface area contributed by atoms with Crippen LogP contribution in [0.25, 0.3) is 21.3 Å². The second-order valence-corrected chi connectivity index (χ2v) is 6.75. The predicted octanol–water partition coefficient (Wildman–Crippen LogP) is 4.38. The van der Waals surface area contributed by atoms with Crippen LogP contribution in [0.4, 0.5) is 0 Å². The summed E-state index contributed by atoms with van der Waals surface area (Å²) in [5.41, 5.74) is 3.13. The average Bonchev–Trinajstić information content (AvgIpc) is 2.77. The molecule has 0 unspecified atom stereocenters. The van der Waals surface area contributed by atoms with Gasteiger partial charge in [0.25, 0.3) is 5.56 Å². The van der Waals surface area contributed by atoms with Crippen molar-refractivity contribution in [2.45, 2.75) is 34.2 Å². The van der Waals surface area contributed by atoms with E-state index in [0.717, 1.165) is 31.8 Å². The number of pyridine rings is 1. The van der Waals surface area contributed by atoms with Crippen molar-refractivity contribution in [1.82, 2.24) is 4.57 Å². The maximum atomic E-state index is 12.9. The molecule has 0 fully saturated rings. The van der Waals surface area contributed by atoms with Gasteiger partial charge in [-0.1, -0.05) is 24.3 Å². The maximum Gasteiger partial charge on any atom is 0.263 e. The van der Waals surface area contributed by atoms with Crippen molar-refractivity contribution in [1.29, 1.82) is 0 Å². The molecule has 3 rings (SSSR count). The van der Waals surface area contributed by atoms with Gasteiger partial charge in [0.1, 0.15) is 10.6 Å². The summed E-state index contributed by atoms with van der Waals surface area (Å²) >= 11 is 1.57. The maximum absolute atomic E-state index is 12.9. The number of aromatic hydroxyl groups is 1. The summed E-state index contributed by atoms with van der Waals surface area (Å²) in [6.07, 6.45) is 0. The Morgan fingerprint density at radius 2 is 1.86 bits per heavy atom. The van der Waals surface area contributed by atoms with Crippen molar-refractivity contribution in [2.24, 2.45) is 0 Å². The number of benzene rings is 1. The van der Waals surface area contributed by atoms with Crippen LogP contribution in [0.2, 0.25) is 0 Å². The lowest BCUT2D eigenvalue weighted by molar-refractivity contribution is 0.481. The molecule has 4 heteroatoms. The van der Waals surface area contributed by atoms with Crippen molar-refractivity contribution >= 4 is 21.6 Å². The number of aryl methyl sites for hydroxylation is 4. The highest BCUT2D eigenvalue weighted by molar-refractivity contribution is 7.18. The summed E-state index contributed by atoms with van der Waals surface area (Å²) in [5, 5.41) is 11.6. The van der Waals surface area contributed by atoms with Crippen molar-refractivity contribution in [3.05, 3.63) is 50.6 Å².